The zero-order valence-corrected chi connectivity index (χ0v) is 17.2. The summed E-state index contributed by atoms with van der Waals surface area (Å²) in [7, 11) is 1.38. The van der Waals surface area contributed by atoms with E-state index >= 15 is 0 Å². The molecular weight excluding hydrogens is 400 g/mol. The van der Waals surface area contributed by atoms with E-state index in [1.165, 1.54) is 7.05 Å². The number of carbonyl (C=O) groups is 3. The molecule has 1 fully saturated rings. The molecule has 3 amide bonds. The third-order valence-electron chi connectivity index (χ3n) is 5.73. The van der Waals surface area contributed by atoms with Crippen molar-refractivity contribution in [2.75, 3.05) is 25.5 Å². The number of anilines is 1. The van der Waals surface area contributed by atoms with Gasteiger partial charge in [0.1, 0.15) is 12.1 Å². The summed E-state index contributed by atoms with van der Waals surface area (Å²) >= 11 is 0. The third-order valence-corrected chi connectivity index (χ3v) is 5.73. The molecule has 0 spiro atoms. The SMILES string of the molecule is CNC(=O)C(=O)Nc1nn([C@H]2CN(C(=O)CC#N)CC[C@H]2C)c2c1cnc1[nH]ccc12. The van der Waals surface area contributed by atoms with Crippen LogP contribution in [0.2, 0.25) is 0 Å². The second-order valence-corrected chi connectivity index (χ2v) is 7.59. The Labute approximate surface area is 177 Å². The van der Waals surface area contributed by atoms with Crippen LogP contribution in [0.15, 0.2) is 18.5 Å². The molecular formula is C20H22N8O3. The van der Waals surface area contributed by atoms with Crippen molar-refractivity contribution in [2.45, 2.75) is 25.8 Å². The number of nitriles is 1. The lowest BCUT2D eigenvalue weighted by molar-refractivity contribution is -0.135. The quantitative estimate of drug-likeness (QED) is 0.535. The molecule has 0 aromatic carbocycles. The zero-order chi connectivity index (χ0) is 22.1. The molecule has 0 saturated carbocycles. The highest BCUT2D eigenvalue weighted by Crippen LogP contribution is 2.35. The highest BCUT2D eigenvalue weighted by atomic mass is 16.2. The number of piperidine rings is 1. The van der Waals surface area contributed by atoms with E-state index in [0.717, 1.165) is 17.3 Å². The molecule has 0 bridgehead atoms. The molecule has 1 aliphatic rings. The minimum absolute atomic E-state index is 0.166. The summed E-state index contributed by atoms with van der Waals surface area (Å²) in [5.74, 6) is -1.40. The number of amides is 3. The molecule has 1 saturated heterocycles. The van der Waals surface area contributed by atoms with Gasteiger partial charge in [0.25, 0.3) is 0 Å². The number of hydrogen-bond acceptors (Lipinski definition) is 6. The van der Waals surface area contributed by atoms with Crippen LogP contribution in [0.3, 0.4) is 0 Å². The van der Waals surface area contributed by atoms with Crippen molar-refractivity contribution in [1.29, 1.82) is 5.26 Å². The monoisotopic (exact) mass is 422 g/mol. The van der Waals surface area contributed by atoms with Gasteiger partial charge >= 0.3 is 11.8 Å². The van der Waals surface area contributed by atoms with Crippen molar-refractivity contribution in [3.05, 3.63) is 18.5 Å². The molecule has 11 heteroatoms. The standard InChI is InChI=1S/C20H22N8O3/c1-11-5-8-27(15(29)3-6-21)10-14(11)28-16-12-4-7-23-17(12)24-9-13(16)18(26-28)25-20(31)19(30)22-2/h4,7,9,11,14H,3,5,8,10H2,1-2H3,(H,22,30)(H,23,24)(H,25,26,31)/t11-,14+/m1/s1. The Bertz CT molecular complexity index is 1220. The molecule has 4 rings (SSSR count). The van der Waals surface area contributed by atoms with Crippen LogP contribution >= 0.6 is 0 Å². The summed E-state index contributed by atoms with van der Waals surface area (Å²) in [4.78, 5) is 45.4. The number of aromatic nitrogens is 4. The first-order valence-corrected chi connectivity index (χ1v) is 9.96. The number of likely N-dealkylation sites (tertiary alicyclic amines) is 1. The van der Waals surface area contributed by atoms with Gasteiger partial charge in [-0.1, -0.05) is 6.92 Å². The summed E-state index contributed by atoms with van der Waals surface area (Å²) in [6.45, 7) is 3.07. The minimum atomic E-state index is -0.828. The van der Waals surface area contributed by atoms with E-state index in [-0.39, 0.29) is 30.1 Å². The summed E-state index contributed by atoms with van der Waals surface area (Å²) < 4.78 is 1.81. The Morgan fingerprint density at radius 2 is 2.13 bits per heavy atom. The lowest BCUT2D eigenvalue weighted by atomic mass is 9.93. The second-order valence-electron chi connectivity index (χ2n) is 7.59. The van der Waals surface area contributed by atoms with Crippen LogP contribution < -0.4 is 10.6 Å². The Balaban J connectivity index is 1.81. The molecule has 0 aliphatic carbocycles. The van der Waals surface area contributed by atoms with Crippen LogP contribution in [0.1, 0.15) is 25.8 Å². The van der Waals surface area contributed by atoms with Gasteiger partial charge in [-0.3, -0.25) is 19.1 Å². The fraction of sp³-hybridized carbons (Fsp3) is 0.400. The van der Waals surface area contributed by atoms with E-state index in [9.17, 15) is 14.4 Å². The van der Waals surface area contributed by atoms with Crippen LogP contribution in [0, 0.1) is 17.2 Å². The smallest absolute Gasteiger partial charge is 0.314 e. The normalized spacial score (nSPS) is 18.7. The fourth-order valence-electron chi connectivity index (χ4n) is 4.01. The predicted molar refractivity (Wildman–Crippen MR) is 112 cm³/mol. The molecule has 0 radical (unpaired) electrons. The highest BCUT2D eigenvalue weighted by molar-refractivity contribution is 6.40. The number of H-pyrrole nitrogens is 1. The van der Waals surface area contributed by atoms with E-state index in [4.69, 9.17) is 5.26 Å². The Hall–Kier alpha value is -3.94. The van der Waals surface area contributed by atoms with Crippen LogP contribution in [-0.4, -0.2) is 62.5 Å². The number of fused-ring (bicyclic) bond motifs is 3. The van der Waals surface area contributed by atoms with Crippen molar-refractivity contribution in [1.82, 2.24) is 30.0 Å². The largest absolute Gasteiger partial charge is 0.351 e. The molecule has 3 N–H and O–H groups in total. The number of rotatable bonds is 3. The fourth-order valence-corrected chi connectivity index (χ4v) is 4.01. The topological polar surface area (TPSA) is 149 Å². The molecule has 31 heavy (non-hydrogen) atoms. The van der Waals surface area contributed by atoms with Crippen molar-refractivity contribution in [3.8, 4) is 6.07 Å². The number of nitrogens with one attached hydrogen (secondary N) is 3. The molecule has 160 valence electrons. The predicted octanol–water partition coefficient (Wildman–Crippen LogP) is 0.920. The first-order valence-electron chi connectivity index (χ1n) is 9.96. The molecule has 4 heterocycles. The average molecular weight is 422 g/mol. The first-order chi connectivity index (χ1) is 14.9. The van der Waals surface area contributed by atoms with E-state index in [1.54, 1.807) is 17.3 Å². The van der Waals surface area contributed by atoms with Gasteiger partial charge in [0, 0.05) is 37.9 Å². The van der Waals surface area contributed by atoms with Gasteiger partial charge in [-0.25, -0.2) is 4.98 Å². The number of carbonyl (C=O) groups excluding carboxylic acids is 3. The van der Waals surface area contributed by atoms with Crippen molar-refractivity contribution >= 4 is 45.5 Å². The summed E-state index contributed by atoms with van der Waals surface area (Å²) in [5, 5.41) is 19.8. The zero-order valence-electron chi connectivity index (χ0n) is 17.2. The molecule has 3 aromatic heterocycles. The van der Waals surface area contributed by atoms with Crippen molar-refractivity contribution < 1.29 is 14.4 Å². The van der Waals surface area contributed by atoms with Gasteiger partial charge in [-0.2, -0.15) is 10.4 Å². The molecule has 2 atom stereocenters. The number of hydrogen-bond donors (Lipinski definition) is 3. The summed E-state index contributed by atoms with van der Waals surface area (Å²) in [6, 6.07) is 3.61. The Kier molecular flexibility index (Phi) is 5.29. The van der Waals surface area contributed by atoms with E-state index < -0.39 is 11.8 Å². The van der Waals surface area contributed by atoms with E-state index in [2.05, 4.69) is 32.6 Å². The Morgan fingerprint density at radius 1 is 1.32 bits per heavy atom. The van der Waals surface area contributed by atoms with Crippen LogP contribution in [0.5, 0.6) is 0 Å². The van der Waals surface area contributed by atoms with Crippen molar-refractivity contribution in [3.63, 3.8) is 0 Å². The van der Waals surface area contributed by atoms with Gasteiger partial charge in [-0.05, 0) is 18.4 Å². The number of nitrogens with zero attached hydrogens (tertiary/aromatic N) is 5. The minimum Gasteiger partial charge on any atom is -0.351 e. The van der Waals surface area contributed by atoms with Gasteiger partial charge in [0.15, 0.2) is 5.82 Å². The summed E-state index contributed by atoms with van der Waals surface area (Å²) in [5.41, 5.74) is 1.42. The van der Waals surface area contributed by atoms with Crippen LogP contribution in [-0.2, 0) is 14.4 Å². The number of likely N-dealkylation sites (N-methyl/N-ethyl adjacent to an activating group) is 1. The third kappa shape index (κ3) is 3.56. The van der Waals surface area contributed by atoms with E-state index in [1.807, 2.05) is 16.8 Å². The molecule has 11 nitrogen and oxygen atoms in total. The van der Waals surface area contributed by atoms with E-state index in [0.29, 0.717) is 24.1 Å². The lowest BCUT2D eigenvalue weighted by Crippen LogP contribution is -2.44. The summed E-state index contributed by atoms with van der Waals surface area (Å²) in [6.07, 6.45) is 3.96. The van der Waals surface area contributed by atoms with Gasteiger partial charge in [0.05, 0.1) is 23.0 Å². The highest BCUT2D eigenvalue weighted by Gasteiger charge is 2.33. The van der Waals surface area contributed by atoms with Gasteiger partial charge in [-0.15, -0.1) is 0 Å². The lowest BCUT2D eigenvalue weighted by Gasteiger charge is -2.37. The molecule has 3 aromatic rings. The molecule has 1 aliphatic heterocycles. The molecule has 0 unspecified atom stereocenters. The maximum atomic E-state index is 12.3. The van der Waals surface area contributed by atoms with Crippen LogP contribution in [0.4, 0.5) is 5.82 Å². The number of pyridine rings is 1. The van der Waals surface area contributed by atoms with Crippen LogP contribution in [0.25, 0.3) is 21.9 Å². The maximum Gasteiger partial charge on any atom is 0.314 e. The first kappa shape index (κ1) is 20.3. The average Bonchev–Trinajstić information content (AvgIpc) is 3.38. The Morgan fingerprint density at radius 3 is 2.87 bits per heavy atom. The maximum absolute atomic E-state index is 12.3. The van der Waals surface area contributed by atoms with Gasteiger partial charge in [0.2, 0.25) is 5.91 Å². The van der Waals surface area contributed by atoms with Crippen molar-refractivity contribution in [2.24, 2.45) is 5.92 Å². The second kappa shape index (κ2) is 8.06. The van der Waals surface area contributed by atoms with Gasteiger partial charge < -0.3 is 20.5 Å². The number of aromatic amines is 1.